The van der Waals surface area contributed by atoms with E-state index in [-0.39, 0.29) is 12.2 Å². The van der Waals surface area contributed by atoms with Gasteiger partial charge in [0.2, 0.25) is 0 Å². The molecule has 7 nitrogen and oxygen atoms in total. The summed E-state index contributed by atoms with van der Waals surface area (Å²) >= 11 is 0. The summed E-state index contributed by atoms with van der Waals surface area (Å²) in [5.41, 5.74) is 10.5. The van der Waals surface area contributed by atoms with Crippen LogP contribution in [0.5, 0.6) is 5.75 Å². The zero-order valence-electron chi connectivity index (χ0n) is 18.3. The van der Waals surface area contributed by atoms with Crippen molar-refractivity contribution in [3.05, 3.63) is 64.3 Å². The van der Waals surface area contributed by atoms with Crippen molar-refractivity contribution >= 4 is 28.6 Å². The van der Waals surface area contributed by atoms with Crippen molar-refractivity contribution in [3.8, 4) is 5.75 Å². The summed E-state index contributed by atoms with van der Waals surface area (Å²) in [6, 6.07) is 11.8. The zero-order chi connectivity index (χ0) is 22.8. The number of rotatable bonds is 7. The van der Waals surface area contributed by atoms with Crippen LogP contribution in [0.15, 0.2) is 36.4 Å². The second-order valence-electron chi connectivity index (χ2n) is 8.03. The minimum absolute atomic E-state index is 0.233. The molecule has 7 heteroatoms. The molecule has 0 saturated heterocycles. The Morgan fingerprint density at radius 1 is 1.09 bits per heavy atom. The summed E-state index contributed by atoms with van der Waals surface area (Å²) in [5, 5.41) is 0.534. The summed E-state index contributed by atoms with van der Waals surface area (Å²) < 4.78 is 12.6. The lowest BCUT2D eigenvalue weighted by molar-refractivity contribution is -0.142. The highest BCUT2D eigenvalue weighted by atomic mass is 16.6. The van der Waals surface area contributed by atoms with Crippen molar-refractivity contribution in [2.45, 2.75) is 39.2 Å². The third kappa shape index (κ3) is 3.86. The Bertz CT molecular complexity index is 1210. The fourth-order valence-corrected chi connectivity index (χ4v) is 4.55. The number of primary amides is 1. The van der Waals surface area contributed by atoms with E-state index in [1.54, 1.807) is 0 Å². The van der Waals surface area contributed by atoms with Crippen molar-refractivity contribution < 1.29 is 23.9 Å². The predicted octanol–water partition coefficient (Wildman–Crippen LogP) is 3.10. The Balaban J connectivity index is 2.01. The number of esters is 1. The van der Waals surface area contributed by atoms with Crippen molar-refractivity contribution in [3.63, 3.8) is 0 Å². The van der Waals surface area contributed by atoms with Gasteiger partial charge in [-0.15, -0.1) is 0 Å². The van der Waals surface area contributed by atoms with Crippen LogP contribution in [0.3, 0.4) is 0 Å². The number of nitrogens with two attached hydrogens (primary N) is 1. The molecule has 3 aromatic rings. The molecule has 2 N–H and O–H groups in total. The number of amides is 1. The first-order valence-corrected chi connectivity index (χ1v) is 10.7. The van der Waals surface area contributed by atoms with Crippen LogP contribution in [0.2, 0.25) is 0 Å². The third-order valence-corrected chi connectivity index (χ3v) is 6.08. The molecule has 1 heterocycles. The number of nitrogens with zero attached hydrogens (tertiary/aromatic N) is 1. The number of Topliss-reactive ketones (excluding diaryl/α,β-unsaturated/α-hetero) is 1. The highest BCUT2D eigenvalue weighted by Crippen LogP contribution is 2.41. The molecule has 2 aromatic carbocycles. The number of carbonyl (C=O) groups is 3. The molecule has 0 aliphatic heterocycles. The standard InChI is InChI=1S/C25H26N2O5/c1-15-21(24(29)25(26)30)22-19(32-14-20(28)31-2)12-17-10-6-7-11-18(17)23(22)27(15)13-16-8-4-3-5-9-16/h3-5,8-9,12H,6-7,10-11,13-14H2,1-2H3,(H2,26,30). The van der Waals surface area contributed by atoms with E-state index >= 15 is 0 Å². The van der Waals surface area contributed by atoms with E-state index in [0.29, 0.717) is 23.4 Å². The van der Waals surface area contributed by atoms with Gasteiger partial charge in [-0.1, -0.05) is 30.3 Å². The van der Waals surface area contributed by atoms with Gasteiger partial charge in [-0.05, 0) is 55.4 Å². The normalized spacial score (nSPS) is 12.9. The van der Waals surface area contributed by atoms with Gasteiger partial charge in [0.15, 0.2) is 6.61 Å². The maximum Gasteiger partial charge on any atom is 0.343 e. The maximum absolute atomic E-state index is 12.9. The highest BCUT2D eigenvalue weighted by Gasteiger charge is 2.30. The van der Waals surface area contributed by atoms with E-state index in [2.05, 4.69) is 4.57 Å². The molecule has 4 rings (SSSR count). The number of aromatic nitrogens is 1. The largest absolute Gasteiger partial charge is 0.481 e. The maximum atomic E-state index is 12.9. The van der Waals surface area contributed by atoms with Gasteiger partial charge < -0.3 is 19.8 Å². The molecular formula is C25H26N2O5. The van der Waals surface area contributed by atoms with Crippen LogP contribution in [0, 0.1) is 6.92 Å². The minimum atomic E-state index is -1.02. The van der Waals surface area contributed by atoms with E-state index in [0.717, 1.165) is 47.9 Å². The first kappa shape index (κ1) is 21.6. The van der Waals surface area contributed by atoms with Crippen LogP contribution in [0.4, 0.5) is 0 Å². The first-order valence-electron chi connectivity index (χ1n) is 10.7. The van der Waals surface area contributed by atoms with Gasteiger partial charge in [-0.3, -0.25) is 9.59 Å². The molecule has 1 aromatic heterocycles. The van der Waals surface area contributed by atoms with Gasteiger partial charge in [0.25, 0.3) is 11.7 Å². The molecule has 0 radical (unpaired) electrons. The number of benzene rings is 2. The molecule has 166 valence electrons. The lowest BCUT2D eigenvalue weighted by Crippen LogP contribution is -2.24. The number of hydrogen-bond acceptors (Lipinski definition) is 5. The van der Waals surface area contributed by atoms with Crippen molar-refractivity contribution in [2.24, 2.45) is 5.73 Å². The van der Waals surface area contributed by atoms with Gasteiger partial charge in [0.1, 0.15) is 5.75 Å². The average Bonchev–Trinajstić information content (AvgIpc) is 3.09. The number of aryl methyl sites for hydroxylation is 2. The molecule has 0 bridgehead atoms. The van der Waals surface area contributed by atoms with E-state index in [1.807, 2.05) is 43.3 Å². The Morgan fingerprint density at radius 3 is 2.50 bits per heavy atom. The van der Waals surface area contributed by atoms with E-state index < -0.39 is 17.7 Å². The fraction of sp³-hybridized carbons (Fsp3) is 0.320. The Morgan fingerprint density at radius 2 is 1.81 bits per heavy atom. The van der Waals surface area contributed by atoms with Gasteiger partial charge >= 0.3 is 5.97 Å². The average molecular weight is 434 g/mol. The molecule has 1 aliphatic rings. The third-order valence-electron chi connectivity index (χ3n) is 6.08. The molecular weight excluding hydrogens is 408 g/mol. The Hall–Kier alpha value is -3.61. The number of fused-ring (bicyclic) bond motifs is 3. The number of hydrogen-bond donors (Lipinski definition) is 1. The van der Waals surface area contributed by atoms with Crippen LogP contribution >= 0.6 is 0 Å². The second-order valence-corrected chi connectivity index (χ2v) is 8.03. The van der Waals surface area contributed by atoms with Gasteiger partial charge in [0, 0.05) is 12.2 Å². The van der Waals surface area contributed by atoms with Crippen LogP contribution < -0.4 is 10.5 Å². The van der Waals surface area contributed by atoms with Crippen LogP contribution in [-0.2, 0) is 33.7 Å². The molecule has 0 spiro atoms. The van der Waals surface area contributed by atoms with Crippen molar-refractivity contribution in [2.75, 3.05) is 13.7 Å². The minimum Gasteiger partial charge on any atom is -0.481 e. The second kappa shape index (κ2) is 8.86. The molecule has 0 fully saturated rings. The first-order chi connectivity index (χ1) is 15.4. The molecule has 1 amide bonds. The van der Waals surface area contributed by atoms with Crippen LogP contribution in [0.1, 0.15) is 45.6 Å². The zero-order valence-corrected chi connectivity index (χ0v) is 18.3. The topological polar surface area (TPSA) is 101 Å². The van der Waals surface area contributed by atoms with Gasteiger partial charge in [-0.25, -0.2) is 4.79 Å². The summed E-state index contributed by atoms with van der Waals surface area (Å²) in [6.07, 6.45) is 3.85. The smallest absolute Gasteiger partial charge is 0.343 e. The van der Waals surface area contributed by atoms with Gasteiger partial charge in [0.05, 0.1) is 23.6 Å². The van der Waals surface area contributed by atoms with Gasteiger partial charge in [-0.2, -0.15) is 0 Å². The Kier molecular flexibility index (Phi) is 5.99. The summed E-state index contributed by atoms with van der Waals surface area (Å²) in [5.74, 6) is -1.92. The molecule has 1 aliphatic carbocycles. The quantitative estimate of drug-likeness (QED) is 0.350. The number of ether oxygens (including phenoxy) is 2. The molecule has 32 heavy (non-hydrogen) atoms. The van der Waals surface area contributed by atoms with Crippen LogP contribution in [-0.4, -0.2) is 35.9 Å². The summed E-state index contributed by atoms with van der Waals surface area (Å²) in [4.78, 5) is 36.6. The molecule has 0 saturated carbocycles. The van der Waals surface area contributed by atoms with Crippen LogP contribution in [0.25, 0.3) is 10.9 Å². The summed E-state index contributed by atoms with van der Waals surface area (Å²) in [7, 11) is 1.29. The highest BCUT2D eigenvalue weighted by molar-refractivity contribution is 6.45. The lowest BCUT2D eigenvalue weighted by Gasteiger charge is -2.21. The predicted molar refractivity (Wildman–Crippen MR) is 120 cm³/mol. The fourth-order valence-electron chi connectivity index (χ4n) is 4.55. The summed E-state index contributed by atoms with van der Waals surface area (Å²) in [6.45, 7) is 2.05. The van der Waals surface area contributed by atoms with E-state index in [4.69, 9.17) is 15.2 Å². The monoisotopic (exact) mass is 434 g/mol. The van der Waals surface area contributed by atoms with E-state index in [1.165, 1.54) is 7.11 Å². The molecule has 0 atom stereocenters. The number of methoxy groups -OCH3 is 1. The molecule has 0 unspecified atom stereocenters. The lowest BCUT2D eigenvalue weighted by atomic mass is 9.88. The van der Waals surface area contributed by atoms with E-state index in [9.17, 15) is 14.4 Å². The van der Waals surface area contributed by atoms with Crippen molar-refractivity contribution in [1.82, 2.24) is 4.57 Å². The Labute approximate surface area is 186 Å². The van der Waals surface area contributed by atoms with Crippen molar-refractivity contribution in [1.29, 1.82) is 0 Å². The number of carbonyl (C=O) groups excluding carboxylic acids is 3. The number of ketones is 1. The SMILES string of the molecule is COC(=O)COc1cc2c(c3c1c(C(=O)C(N)=O)c(C)n3Cc1ccccc1)CCCC2.